The molecule has 0 bridgehead atoms. The Kier molecular flexibility index (Phi) is 5.92. The van der Waals surface area contributed by atoms with Crippen molar-refractivity contribution in [1.29, 1.82) is 0 Å². The van der Waals surface area contributed by atoms with Gasteiger partial charge >= 0.3 is 5.97 Å². The van der Waals surface area contributed by atoms with Gasteiger partial charge in [-0.05, 0) is 12.5 Å². The van der Waals surface area contributed by atoms with E-state index in [0.29, 0.717) is 6.42 Å². The Morgan fingerprint density at radius 1 is 1.43 bits per heavy atom. The standard InChI is InChI=1S/C12H12Cl2N2O5/c1-2-7(5-10(17)18)15-12(19)6-3-8(13)11(14)9(4-6)16(20)21/h3-4,7H,2,5H2,1H3,(H,15,19)(H,17,18). The van der Waals surface area contributed by atoms with Crippen LogP contribution in [-0.4, -0.2) is 27.9 Å². The van der Waals surface area contributed by atoms with Crippen LogP contribution >= 0.6 is 23.2 Å². The maximum Gasteiger partial charge on any atom is 0.305 e. The second-order valence-electron chi connectivity index (χ2n) is 4.22. The molecule has 9 heteroatoms. The lowest BCUT2D eigenvalue weighted by Crippen LogP contribution is -2.36. The van der Waals surface area contributed by atoms with E-state index in [1.807, 2.05) is 0 Å². The van der Waals surface area contributed by atoms with Crippen molar-refractivity contribution in [1.82, 2.24) is 5.32 Å². The smallest absolute Gasteiger partial charge is 0.305 e. The molecule has 0 aliphatic heterocycles. The van der Waals surface area contributed by atoms with Crippen molar-refractivity contribution in [3.05, 3.63) is 37.9 Å². The number of benzene rings is 1. The molecular weight excluding hydrogens is 323 g/mol. The van der Waals surface area contributed by atoms with Gasteiger partial charge in [-0.15, -0.1) is 0 Å². The fourth-order valence-corrected chi connectivity index (χ4v) is 2.01. The highest BCUT2D eigenvalue weighted by molar-refractivity contribution is 6.43. The van der Waals surface area contributed by atoms with Crippen molar-refractivity contribution < 1.29 is 19.6 Å². The van der Waals surface area contributed by atoms with Gasteiger partial charge in [-0.3, -0.25) is 19.7 Å². The summed E-state index contributed by atoms with van der Waals surface area (Å²) in [5.74, 6) is -1.70. The van der Waals surface area contributed by atoms with Gasteiger partial charge < -0.3 is 10.4 Å². The van der Waals surface area contributed by atoms with Crippen molar-refractivity contribution in [2.75, 3.05) is 0 Å². The summed E-state index contributed by atoms with van der Waals surface area (Å²) >= 11 is 11.4. The third-order valence-corrected chi connectivity index (χ3v) is 3.51. The monoisotopic (exact) mass is 334 g/mol. The largest absolute Gasteiger partial charge is 0.481 e. The van der Waals surface area contributed by atoms with E-state index in [-0.39, 0.29) is 22.0 Å². The van der Waals surface area contributed by atoms with E-state index in [4.69, 9.17) is 28.3 Å². The second kappa shape index (κ2) is 7.24. The summed E-state index contributed by atoms with van der Waals surface area (Å²) in [5, 5.41) is 21.6. The summed E-state index contributed by atoms with van der Waals surface area (Å²) in [6.07, 6.45) is 0.160. The molecule has 1 aromatic rings. The van der Waals surface area contributed by atoms with E-state index in [9.17, 15) is 19.7 Å². The lowest BCUT2D eigenvalue weighted by Gasteiger charge is -2.15. The van der Waals surface area contributed by atoms with Crippen molar-refractivity contribution in [2.45, 2.75) is 25.8 Å². The molecule has 1 aromatic carbocycles. The number of carbonyl (C=O) groups is 2. The number of nitro groups is 1. The summed E-state index contributed by atoms with van der Waals surface area (Å²) < 4.78 is 0. The number of hydrogen-bond acceptors (Lipinski definition) is 4. The fourth-order valence-electron chi connectivity index (χ4n) is 1.62. The highest BCUT2D eigenvalue weighted by Gasteiger charge is 2.22. The fraction of sp³-hybridized carbons (Fsp3) is 0.333. The molecule has 0 saturated heterocycles. The quantitative estimate of drug-likeness (QED) is 0.613. The van der Waals surface area contributed by atoms with Crippen LogP contribution < -0.4 is 5.32 Å². The summed E-state index contributed by atoms with van der Waals surface area (Å²) in [6, 6.07) is 1.61. The third-order valence-electron chi connectivity index (χ3n) is 2.72. The van der Waals surface area contributed by atoms with Crippen molar-refractivity contribution >= 4 is 40.8 Å². The lowest BCUT2D eigenvalue weighted by molar-refractivity contribution is -0.384. The van der Waals surface area contributed by atoms with Gasteiger partial charge in [-0.25, -0.2) is 0 Å². The van der Waals surface area contributed by atoms with E-state index < -0.39 is 28.5 Å². The number of aliphatic carboxylic acids is 1. The van der Waals surface area contributed by atoms with Gasteiger partial charge in [0.25, 0.3) is 11.6 Å². The minimum atomic E-state index is -1.05. The van der Waals surface area contributed by atoms with Gasteiger partial charge in [-0.2, -0.15) is 0 Å². The van der Waals surface area contributed by atoms with Crippen LogP contribution in [0.25, 0.3) is 0 Å². The normalized spacial score (nSPS) is 11.8. The predicted molar refractivity (Wildman–Crippen MR) is 76.9 cm³/mol. The molecule has 1 unspecified atom stereocenters. The molecule has 1 rings (SSSR count). The minimum absolute atomic E-state index is 0.0556. The Morgan fingerprint density at radius 2 is 2.05 bits per heavy atom. The number of carboxylic acids is 1. The average Bonchev–Trinajstić information content (AvgIpc) is 2.39. The van der Waals surface area contributed by atoms with Crippen LogP contribution in [0, 0.1) is 10.1 Å². The number of nitrogens with zero attached hydrogens (tertiary/aromatic N) is 1. The van der Waals surface area contributed by atoms with Crippen molar-refractivity contribution in [3.63, 3.8) is 0 Å². The number of carboxylic acid groups (broad SMARTS) is 1. The van der Waals surface area contributed by atoms with Crippen molar-refractivity contribution in [3.8, 4) is 0 Å². The number of rotatable bonds is 6. The molecule has 1 atom stereocenters. The summed E-state index contributed by atoms with van der Waals surface area (Å²) in [7, 11) is 0. The van der Waals surface area contributed by atoms with E-state index in [1.54, 1.807) is 6.92 Å². The zero-order valence-electron chi connectivity index (χ0n) is 10.9. The summed E-state index contributed by atoms with van der Waals surface area (Å²) in [6.45, 7) is 1.71. The van der Waals surface area contributed by atoms with E-state index >= 15 is 0 Å². The first-order valence-corrected chi connectivity index (χ1v) is 6.68. The van der Waals surface area contributed by atoms with Gasteiger partial charge in [0.15, 0.2) is 0 Å². The highest BCUT2D eigenvalue weighted by atomic mass is 35.5. The summed E-state index contributed by atoms with van der Waals surface area (Å²) in [4.78, 5) is 32.7. The molecule has 0 spiro atoms. The van der Waals surface area contributed by atoms with E-state index in [0.717, 1.165) is 6.07 Å². The number of carbonyl (C=O) groups excluding carboxylic acids is 1. The van der Waals surface area contributed by atoms with Crippen LogP contribution in [0.1, 0.15) is 30.1 Å². The van der Waals surface area contributed by atoms with Crippen LogP contribution in [0.3, 0.4) is 0 Å². The Labute approximate surface area is 130 Å². The zero-order valence-corrected chi connectivity index (χ0v) is 12.4. The molecule has 2 N–H and O–H groups in total. The lowest BCUT2D eigenvalue weighted by atomic mass is 10.1. The molecular formula is C12H12Cl2N2O5. The van der Waals surface area contributed by atoms with E-state index in [1.165, 1.54) is 6.07 Å². The molecule has 0 radical (unpaired) electrons. The highest BCUT2D eigenvalue weighted by Crippen LogP contribution is 2.33. The number of amides is 1. The third kappa shape index (κ3) is 4.57. The maximum atomic E-state index is 12.0. The Hall–Kier alpha value is -1.86. The van der Waals surface area contributed by atoms with Crippen LogP contribution in [0.4, 0.5) is 5.69 Å². The molecule has 0 fully saturated rings. The van der Waals surface area contributed by atoms with Crippen molar-refractivity contribution in [2.24, 2.45) is 0 Å². The molecule has 0 aliphatic carbocycles. The van der Waals surface area contributed by atoms with Crippen LogP contribution in [-0.2, 0) is 4.79 Å². The first kappa shape index (κ1) is 17.2. The van der Waals surface area contributed by atoms with E-state index in [2.05, 4.69) is 5.32 Å². The van der Waals surface area contributed by atoms with Crippen LogP contribution in [0.2, 0.25) is 10.0 Å². The number of halogens is 2. The molecule has 7 nitrogen and oxygen atoms in total. The molecule has 0 aliphatic rings. The zero-order chi connectivity index (χ0) is 16.2. The van der Waals surface area contributed by atoms with Gasteiger partial charge in [0.05, 0.1) is 16.4 Å². The van der Waals surface area contributed by atoms with Gasteiger partial charge in [-0.1, -0.05) is 30.1 Å². The number of nitrogens with one attached hydrogen (secondary N) is 1. The average molecular weight is 335 g/mol. The minimum Gasteiger partial charge on any atom is -0.481 e. The predicted octanol–water partition coefficient (Wildman–Crippen LogP) is 2.88. The molecule has 114 valence electrons. The van der Waals surface area contributed by atoms with Crippen LogP contribution in [0.5, 0.6) is 0 Å². The number of nitro benzene ring substituents is 1. The Balaban J connectivity index is 3.02. The maximum absolute atomic E-state index is 12.0. The Bertz CT molecular complexity index is 591. The van der Waals surface area contributed by atoms with Gasteiger partial charge in [0, 0.05) is 17.7 Å². The Morgan fingerprint density at radius 3 is 2.52 bits per heavy atom. The van der Waals surface area contributed by atoms with Gasteiger partial charge in [0.1, 0.15) is 5.02 Å². The topological polar surface area (TPSA) is 110 Å². The molecule has 1 amide bonds. The molecule has 0 aromatic heterocycles. The molecule has 21 heavy (non-hydrogen) atoms. The van der Waals surface area contributed by atoms with Crippen LogP contribution in [0.15, 0.2) is 12.1 Å². The first-order valence-electron chi connectivity index (χ1n) is 5.92. The summed E-state index contributed by atoms with van der Waals surface area (Å²) in [5.41, 5.74) is -0.541. The molecule has 0 heterocycles. The molecule has 0 saturated carbocycles. The van der Waals surface area contributed by atoms with Gasteiger partial charge in [0.2, 0.25) is 0 Å². The number of hydrogen-bond donors (Lipinski definition) is 2. The second-order valence-corrected chi connectivity index (χ2v) is 5.01. The first-order chi connectivity index (χ1) is 9.76. The SMILES string of the molecule is CCC(CC(=O)O)NC(=O)c1cc(Cl)c(Cl)c([N+](=O)[O-])c1.